The van der Waals surface area contributed by atoms with Crippen LogP contribution in [0.2, 0.25) is 0 Å². The zero-order valence-corrected chi connectivity index (χ0v) is 15.0. The van der Waals surface area contributed by atoms with Crippen LogP contribution in [0.1, 0.15) is 17.0 Å². The van der Waals surface area contributed by atoms with E-state index in [1.807, 2.05) is 30.3 Å². The van der Waals surface area contributed by atoms with Gasteiger partial charge in [0.15, 0.2) is 0 Å². The second kappa shape index (κ2) is 6.87. The molecule has 0 aliphatic rings. The first kappa shape index (κ1) is 18.1. The maximum absolute atomic E-state index is 13.9. The summed E-state index contributed by atoms with van der Waals surface area (Å²) in [5.41, 5.74) is 2.28. The first-order valence-corrected chi connectivity index (χ1v) is 9.32. The molecule has 1 heterocycles. The highest BCUT2D eigenvalue weighted by molar-refractivity contribution is 7.92. The van der Waals surface area contributed by atoms with Crippen LogP contribution in [0, 0.1) is 25.5 Å². The molecule has 3 aromatic rings. The average Bonchev–Trinajstić information content (AvgIpc) is 2.85. The van der Waals surface area contributed by atoms with Gasteiger partial charge < -0.3 is 0 Å². The molecule has 0 fully saturated rings. The lowest BCUT2D eigenvalue weighted by Crippen LogP contribution is -2.16. The van der Waals surface area contributed by atoms with E-state index in [1.54, 1.807) is 18.5 Å². The molecular formula is C18H17F2N3O2S. The first-order valence-electron chi connectivity index (χ1n) is 7.84. The lowest BCUT2D eigenvalue weighted by molar-refractivity contribution is 0.555. The SMILES string of the molecule is Cc1nn(Cc2ccccc2)c(C)c1NS(=O)(=O)c1cc(F)ccc1F. The van der Waals surface area contributed by atoms with Crippen molar-refractivity contribution in [1.29, 1.82) is 0 Å². The van der Waals surface area contributed by atoms with Crippen LogP contribution < -0.4 is 4.72 Å². The maximum Gasteiger partial charge on any atom is 0.265 e. The predicted molar refractivity (Wildman–Crippen MR) is 94.4 cm³/mol. The molecule has 136 valence electrons. The van der Waals surface area contributed by atoms with Crippen molar-refractivity contribution in [3.05, 3.63) is 77.1 Å². The van der Waals surface area contributed by atoms with Crippen LogP contribution in [0.5, 0.6) is 0 Å². The van der Waals surface area contributed by atoms with E-state index in [0.717, 1.165) is 17.7 Å². The van der Waals surface area contributed by atoms with Gasteiger partial charge in [0.05, 0.1) is 23.6 Å². The van der Waals surface area contributed by atoms with Crippen LogP contribution in [0.4, 0.5) is 14.5 Å². The molecule has 0 unspecified atom stereocenters. The number of benzene rings is 2. The summed E-state index contributed by atoms with van der Waals surface area (Å²) in [6.45, 7) is 3.82. The first-order chi connectivity index (χ1) is 12.3. The molecule has 0 aliphatic carbocycles. The number of hydrogen-bond acceptors (Lipinski definition) is 3. The fourth-order valence-electron chi connectivity index (χ4n) is 2.63. The molecule has 5 nitrogen and oxygen atoms in total. The summed E-state index contributed by atoms with van der Waals surface area (Å²) < 4.78 is 56.2. The monoisotopic (exact) mass is 377 g/mol. The minimum absolute atomic E-state index is 0.254. The Labute approximate surface area is 150 Å². The summed E-state index contributed by atoms with van der Waals surface area (Å²) in [5.74, 6) is -1.86. The minimum atomic E-state index is -4.29. The van der Waals surface area contributed by atoms with Gasteiger partial charge in [-0.15, -0.1) is 0 Å². The van der Waals surface area contributed by atoms with Crippen LogP contribution in [-0.4, -0.2) is 18.2 Å². The van der Waals surface area contributed by atoms with Crippen LogP contribution in [0.25, 0.3) is 0 Å². The number of nitrogens with one attached hydrogen (secondary N) is 1. The Morgan fingerprint density at radius 2 is 1.77 bits per heavy atom. The van der Waals surface area contributed by atoms with Gasteiger partial charge in [-0.05, 0) is 37.6 Å². The molecule has 0 aliphatic heterocycles. The van der Waals surface area contributed by atoms with Gasteiger partial charge in [-0.1, -0.05) is 30.3 Å². The molecule has 0 radical (unpaired) electrons. The Morgan fingerprint density at radius 1 is 1.08 bits per heavy atom. The zero-order chi connectivity index (χ0) is 18.9. The van der Waals surface area contributed by atoms with Gasteiger partial charge in [-0.25, -0.2) is 17.2 Å². The van der Waals surface area contributed by atoms with Crippen molar-refractivity contribution < 1.29 is 17.2 Å². The predicted octanol–water partition coefficient (Wildman–Crippen LogP) is 3.63. The summed E-state index contributed by atoms with van der Waals surface area (Å²) in [7, 11) is -4.29. The quantitative estimate of drug-likeness (QED) is 0.739. The minimum Gasteiger partial charge on any atom is -0.276 e. The van der Waals surface area contributed by atoms with Crippen molar-refractivity contribution in [2.45, 2.75) is 25.3 Å². The van der Waals surface area contributed by atoms with Crippen molar-refractivity contribution >= 4 is 15.7 Å². The second-order valence-corrected chi connectivity index (χ2v) is 7.52. The van der Waals surface area contributed by atoms with Gasteiger partial charge in [0, 0.05) is 0 Å². The number of anilines is 1. The van der Waals surface area contributed by atoms with Crippen molar-refractivity contribution in [3.8, 4) is 0 Å². The van der Waals surface area contributed by atoms with E-state index in [1.165, 1.54) is 0 Å². The summed E-state index contributed by atoms with van der Waals surface area (Å²) in [6.07, 6.45) is 0. The molecular weight excluding hydrogens is 360 g/mol. The maximum atomic E-state index is 13.9. The van der Waals surface area contributed by atoms with Gasteiger partial charge >= 0.3 is 0 Å². The molecule has 0 saturated heterocycles. The van der Waals surface area contributed by atoms with Gasteiger partial charge in [-0.3, -0.25) is 9.40 Å². The highest BCUT2D eigenvalue weighted by Gasteiger charge is 2.23. The fourth-order valence-corrected chi connectivity index (χ4v) is 3.89. The summed E-state index contributed by atoms with van der Waals surface area (Å²) in [5, 5.41) is 4.35. The Kier molecular flexibility index (Phi) is 4.78. The molecule has 0 amide bonds. The van der Waals surface area contributed by atoms with Crippen LogP contribution in [0.3, 0.4) is 0 Å². The van der Waals surface area contributed by atoms with E-state index in [2.05, 4.69) is 9.82 Å². The van der Waals surface area contributed by atoms with Crippen molar-refractivity contribution in [1.82, 2.24) is 9.78 Å². The smallest absolute Gasteiger partial charge is 0.265 e. The lowest BCUT2D eigenvalue weighted by Gasteiger charge is -2.10. The molecule has 26 heavy (non-hydrogen) atoms. The molecule has 1 N–H and O–H groups in total. The van der Waals surface area contributed by atoms with Gasteiger partial charge in [-0.2, -0.15) is 5.10 Å². The molecule has 2 aromatic carbocycles. The molecule has 3 rings (SSSR count). The fraction of sp³-hybridized carbons (Fsp3) is 0.167. The lowest BCUT2D eigenvalue weighted by atomic mass is 10.2. The number of halogens is 2. The molecule has 8 heteroatoms. The summed E-state index contributed by atoms with van der Waals surface area (Å²) in [6, 6.07) is 11.9. The van der Waals surface area contributed by atoms with Crippen LogP contribution in [-0.2, 0) is 16.6 Å². The summed E-state index contributed by atoms with van der Waals surface area (Å²) in [4.78, 5) is -0.743. The number of hydrogen-bond donors (Lipinski definition) is 1. The second-order valence-electron chi connectivity index (χ2n) is 5.87. The van der Waals surface area contributed by atoms with E-state index in [0.29, 0.717) is 24.0 Å². The Balaban J connectivity index is 1.94. The highest BCUT2D eigenvalue weighted by Crippen LogP contribution is 2.25. The number of aryl methyl sites for hydroxylation is 1. The van der Waals surface area contributed by atoms with Crippen molar-refractivity contribution in [2.24, 2.45) is 0 Å². The Hall–Kier alpha value is -2.74. The molecule has 0 spiro atoms. The van der Waals surface area contributed by atoms with Gasteiger partial charge in [0.25, 0.3) is 10.0 Å². The topological polar surface area (TPSA) is 64.0 Å². The zero-order valence-electron chi connectivity index (χ0n) is 14.2. The third-order valence-electron chi connectivity index (χ3n) is 3.98. The summed E-state index contributed by atoms with van der Waals surface area (Å²) >= 11 is 0. The largest absolute Gasteiger partial charge is 0.276 e. The number of sulfonamides is 1. The van der Waals surface area contributed by atoms with Crippen LogP contribution >= 0.6 is 0 Å². The molecule has 0 saturated carbocycles. The number of aromatic nitrogens is 2. The number of rotatable bonds is 5. The van der Waals surface area contributed by atoms with E-state index < -0.39 is 26.6 Å². The number of nitrogens with zero attached hydrogens (tertiary/aromatic N) is 2. The third kappa shape index (κ3) is 3.60. The van der Waals surface area contributed by atoms with Gasteiger partial charge in [0.2, 0.25) is 0 Å². The Bertz CT molecular complexity index is 1050. The Morgan fingerprint density at radius 3 is 2.46 bits per heavy atom. The normalized spacial score (nSPS) is 11.5. The molecule has 0 bridgehead atoms. The van der Waals surface area contributed by atoms with Gasteiger partial charge in [0.1, 0.15) is 16.5 Å². The standard InChI is InChI=1S/C18H17F2N3O2S/c1-12-18(13(2)23(21-12)11-14-6-4-3-5-7-14)22-26(24,25)17-10-15(19)8-9-16(17)20/h3-10,22H,11H2,1-2H3. The van der Waals surface area contributed by atoms with E-state index in [9.17, 15) is 17.2 Å². The van der Waals surface area contributed by atoms with Crippen molar-refractivity contribution in [3.63, 3.8) is 0 Å². The van der Waals surface area contributed by atoms with Crippen LogP contribution in [0.15, 0.2) is 53.4 Å². The average molecular weight is 377 g/mol. The van der Waals surface area contributed by atoms with E-state index >= 15 is 0 Å². The molecule has 1 aromatic heterocycles. The van der Waals surface area contributed by atoms with E-state index in [-0.39, 0.29) is 5.69 Å². The van der Waals surface area contributed by atoms with Crippen molar-refractivity contribution in [2.75, 3.05) is 4.72 Å². The molecule has 0 atom stereocenters. The third-order valence-corrected chi connectivity index (χ3v) is 5.34. The highest BCUT2D eigenvalue weighted by atomic mass is 32.2. The van der Waals surface area contributed by atoms with E-state index in [4.69, 9.17) is 0 Å².